The van der Waals surface area contributed by atoms with E-state index in [1.807, 2.05) is 0 Å². The number of carbonyl (C=O) groups excluding carboxylic acids is 2. The number of aromatic nitrogens is 2. The molecule has 138 valence electrons. The highest BCUT2D eigenvalue weighted by molar-refractivity contribution is 5.90. The first kappa shape index (κ1) is 17.9. The van der Waals surface area contributed by atoms with Crippen LogP contribution < -0.4 is 5.32 Å². The lowest BCUT2D eigenvalue weighted by Gasteiger charge is -2.27. The largest absolute Gasteiger partial charge is 0.461 e. The van der Waals surface area contributed by atoms with Gasteiger partial charge in [-0.3, -0.25) is 4.68 Å². The van der Waals surface area contributed by atoms with E-state index in [0.717, 1.165) is 16.8 Å². The first-order chi connectivity index (χ1) is 12.5. The van der Waals surface area contributed by atoms with Crippen molar-refractivity contribution in [1.29, 1.82) is 0 Å². The van der Waals surface area contributed by atoms with Crippen molar-refractivity contribution in [1.82, 2.24) is 20.0 Å². The molecule has 26 heavy (non-hydrogen) atoms. The summed E-state index contributed by atoms with van der Waals surface area (Å²) >= 11 is 0. The zero-order chi connectivity index (χ0) is 18.7. The predicted molar refractivity (Wildman–Crippen MR) is 91.9 cm³/mol. The summed E-state index contributed by atoms with van der Waals surface area (Å²) < 4.78 is 19.5. The normalized spacial score (nSPS) is 13.3. The summed E-state index contributed by atoms with van der Waals surface area (Å²) in [5.41, 5.74) is 2.75. The van der Waals surface area contributed by atoms with E-state index in [0.29, 0.717) is 31.7 Å². The molecule has 3 rings (SSSR count). The van der Waals surface area contributed by atoms with Crippen molar-refractivity contribution in [2.75, 3.05) is 13.2 Å². The first-order valence-electron chi connectivity index (χ1n) is 8.48. The van der Waals surface area contributed by atoms with E-state index < -0.39 is 5.97 Å². The van der Waals surface area contributed by atoms with Gasteiger partial charge in [0.1, 0.15) is 5.82 Å². The number of nitrogens with one attached hydrogen (secondary N) is 1. The molecule has 7 nitrogen and oxygen atoms in total. The highest BCUT2D eigenvalue weighted by atomic mass is 19.1. The Morgan fingerprint density at radius 3 is 2.73 bits per heavy atom. The minimum Gasteiger partial charge on any atom is -0.461 e. The number of rotatable bonds is 4. The molecule has 0 unspecified atom stereocenters. The number of esters is 1. The van der Waals surface area contributed by atoms with Crippen LogP contribution >= 0.6 is 0 Å². The fourth-order valence-corrected chi connectivity index (χ4v) is 3.02. The van der Waals surface area contributed by atoms with Gasteiger partial charge in [0.05, 0.1) is 18.8 Å². The van der Waals surface area contributed by atoms with Crippen molar-refractivity contribution < 1.29 is 18.7 Å². The van der Waals surface area contributed by atoms with Crippen molar-refractivity contribution in [3.05, 3.63) is 52.6 Å². The molecule has 0 radical (unpaired) electrons. The molecule has 2 aromatic rings. The van der Waals surface area contributed by atoms with Crippen molar-refractivity contribution in [2.24, 2.45) is 7.05 Å². The molecule has 8 heteroatoms. The minimum absolute atomic E-state index is 0.237. The Bertz CT molecular complexity index is 817. The van der Waals surface area contributed by atoms with Crippen LogP contribution in [0.1, 0.15) is 34.2 Å². The van der Waals surface area contributed by atoms with Crippen LogP contribution in [0.5, 0.6) is 0 Å². The lowest BCUT2D eigenvalue weighted by molar-refractivity contribution is 0.0511. The highest BCUT2D eigenvalue weighted by Crippen LogP contribution is 2.22. The molecular formula is C18H21FN4O3. The molecule has 1 aromatic heterocycles. The van der Waals surface area contributed by atoms with Crippen LogP contribution in [-0.2, 0) is 31.3 Å². The van der Waals surface area contributed by atoms with E-state index >= 15 is 0 Å². The summed E-state index contributed by atoms with van der Waals surface area (Å²) in [4.78, 5) is 26.3. The second-order valence-corrected chi connectivity index (χ2v) is 6.07. The van der Waals surface area contributed by atoms with E-state index in [-0.39, 0.29) is 18.5 Å². The smallest absolute Gasteiger partial charge is 0.356 e. The Morgan fingerprint density at radius 2 is 2.04 bits per heavy atom. The Morgan fingerprint density at radius 1 is 1.31 bits per heavy atom. The van der Waals surface area contributed by atoms with Crippen LogP contribution in [0, 0.1) is 5.82 Å². The number of nitrogens with zero attached hydrogens (tertiary/aromatic N) is 3. The molecule has 2 heterocycles. The summed E-state index contributed by atoms with van der Waals surface area (Å²) in [7, 11) is 1.70. The molecular weight excluding hydrogens is 339 g/mol. The maximum atomic E-state index is 12.9. The standard InChI is InChI=1S/C18H21FN4O3/c1-3-26-17(24)16-14-11-23(9-8-15(14)21-22(16)2)18(25)20-10-12-4-6-13(19)7-5-12/h4-7H,3,8-11H2,1-2H3,(H,20,25). The summed E-state index contributed by atoms with van der Waals surface area (Å²) in [6, 6.07) is 5.73. The van der Waals surface area contributed by atoms with Crippen molar-refractivity contribution >= 4 is 12.0 Å². The molecule has 0 fully saturated rings. The molecule has 0 atom stereocenters. The summed E-state index contributed by atoms with van der Waals surface area (Å²) in [5.74, 6) is -0.746. The lowest BCUT2D eigenvalue weighted by Crippen LogP contribution is -2.42. The SMILES string of the molecule is CCOC(=O)c1c2c(nn1C)CCN(C(=O)NCc1ccc(F)cc1)C2. The van der Waals surface area contributed by atoms with Gasteiger partial charge in [-0.25, -0.2) is 14.0 Å². The lowest BCUT2D eigenvalue weighted by atomic mass is 10.1. The van der Waals surface area contributed by atoms with Gasteiger partial charge < -0.3 is 15.0 Å². The molecule has 0 bridgehead atoms. The van der Waals surface area contributed by atoms with Crippen LogP contribution in [0.2, 0.25) is 0 Å². The van der Waals surface area contributed by atoms with E-state index in [2.05, 4.69) is 10.4 Å². The number of hydrogen-bond donors (Lipinski definition) is 1. The number of urea groups is 1. The first-order valence-corrected chi connectivity index (χ1v) is 8.48. The fraction of sp³-hybridized carbons (Fsp3) is 0.389. The summed E-state index contributed by atoms with van der Waals surface area (Å²) in [6.45, 7) is 3.14. The Kier molecular flexibility index (Phi) is 5.20. The second-order valence-electron chi connectivity index (χ2n) is 6.07. The van der Waals surface area contributed by atoms with Gasteiger partial charge >= 0.3 is 12.0 Å². The molecule has 1 aliphatic heterocycles. The van der Waals surface area contributed by atoms with Gasteiger partial charge in [-0.15, -0.1) is 0 Å². The third kappa shape index (κ3) is 3.68. The maximum absolute atomic E-state index is 12.9. The van der Waals surface area contributed by atoms with Gasteiger partial charge in [-0.1, -0.05) is 12.1 Å². The average Bonchev–Trinajstić information content (AvgIpc) is 2.96. The molecule has 2 amide bonds. The Hall–Kier alpha value is -2.90. The molecule has 0 spiro atoms. The number of amides is 2. The highest BCUT2D eigenvalue weighted by Gasteiger charge is 2.29. The van der Waals surface area contributed by atoms with Crippen LogP contribution in [-0.4, -0.2) is 39.8 Å². The maximum Gasteiger partial charge on any atom is 0.356 e. The number of ether oxygens (including phenoxy) is 1. The van der Waals surface area contributed by atoms with Crippen LogP contribution in [0.15, 0.2) is 24.3 Å². The second kappa shape index (κ2) is 7.55. The third-order valence-electron chi connectivity index (χ3n) is 4.31. The number of hydrogen-bond acceptors (Lipinski definition) is 4. The molecule has 0 saturated carbocycles. The van der Waals surface area contributed by atoms with Crippen molar-refractivity contribution in [3.8, 4) is 0 Å². The quantitative estimate of drug-likeness (QED) is 0.846. The van der Waals surface area contributed by atoms with Crippen molar-refractivity contribution in [2.45, 2.75) is 26.4 Å². The minimum atomic E-state index is -0.433. The van der Waals surface area contributed by atoms with Gasteiger partial charge in [0, 0.05) is 32.1 Å². The van der Waals surface area contributed by atoms with Crippen LogP contribution in [0.25, 0.3) is 0 Å². The summed E-state index contributed by atoms with van der Waals surface area (Å²) in [6.07, 6.45) is 0.576. The van der Waals surface area contributed by atoms with Gasteiger partial charge in [-0.05, 0) is 24.6 Å². The Balaban J connectivity index is 1.68. The van der Waals surface area contributed by atoms with Crippen LogP contribution in [0.4, 0.5) is 9.18 Å². The number of carbonyl (C=O) groups is 2. The van der Waals surface area contributed by atoms with E-state index in [4.69, 9.17) is 4.74 Å². The monoisotopic (exact) mass is 360 g/mol. The van der Waals surface area contributed by atoms with Crippen molar-refractivity contribution in [3.63, 3.8) is 0 Å². The molecule has 0 aliphatic carbocycles. The van der Waals surface area contributed by atoms with Crippen LogP contribution in [0.3, 0.4) is 0 Å². The molecule has 1 N–H and O–H groups in total. The fourth-order valence-electron chi connectivity index (χ4n) is 3.02. The molecule has 1 aromatic carbocycles. The van der Waals surface area contributed by atoms with Gasteiger partial charge in [0.15, 0.2) is 5.69 Å². The average molecular weight is 360 g/mol. The number of aryl methyl sites for hydroxylation is 1. The third-order valence-corrected chi connectivity index (χ3v) is 4.31. The molecule has 1 aliphatic rings. The molecule has 0 saturated heterocycles. The van der Waals surface area contributed by atoms with Gasteiger partial charge in [0.2, 0.25) is 0 Å². The predicted octanol–water partition coefficient (Wildman–Crippen LogP) is 2.00. The number of benzene rings is 1. The van der Waals surface area contributed by atoms with E-state index in [9.17, 15) is 14.0 Å². The summed E-state index contributed by atoms with van der Waals surface area (Å²) in [5, 5.41) is 7.19. The van der Waals surface area contributed by atoms with E-state index in [1.54, 1.807) is 31.0 Å². The number of fused-ring (bicyclic) bond motifs is 1. The van der Waals surface area contributed by atoms with Gasteiger partial charge in [0.25, 0.3) is 0 Å². The number of halogens is 1. The Labute approximate surface area is 150 Å². The topological polar surface area (TPSA) is 76.5 Å². The zero-order valence-electron chi connectivity index (χ0n) is 14.8. The van der Waals surface area contributed by atoms with Gasteiger partial charge in [-0.2, -0.15) is 5.10 Å². The zero-order valence-corrected chi connectivity index (χ0v) is 14.8. The van der Waals surface area contributed by atoms with E-state index in [1.165, 1.54) is 16.8 Å².